The van der Waals surface area contributed by atoms with Gasteiger partial charge in [0.15, 0.2) is 5.69 Å². The van der Waals surface area contributed by atoms with Crippen LogP contribution in [0.3, 0.4) is 0 Å². The fourth-order valence-corrected chi connectivity index (χ4v) is 3.12. The van der Waals surface area contributed by atoms with E-state index in [9.17, 15) is 4.79 Å². The molecule has 0 radical (unpaired) electrons. The molecule has 0 unspecified atom stereocenters. The van der Waals surface area contributed by atoms with Gasteiger partial charge in [-0.1, -0.05) is 6.92 Å². The zero-order valence-electron chi connectivity index (χ0n) is 12.6. The lowest BCUT2D eigenvalue weighted by Crippen LogP contribution is -2.58. The van der Waals surface area contributed by atoms with Crippen LogP contribution in [0, 0.1) is 0 Å². The van der Waals surface area contributed by atoms with Crippen molar-refractivity contribution < 1.29 is 4.79 Å². The predicted molar refractivity (Wildman–Crippen MR) is 77.8 cm³/mol. The van der Waals surface area contributed by atoms with Gasteiger partial charge in [0.25, 0.3) is 5.91 Å². The molecular weight excluding hydrogens is 252 g/mol. The molecule has 0 aliphatic carbocycles. The standard InChI is InChI=1S/C15H24N4O/c1-4-14(2,3)19-10-11-9-15(5-7-16-8-6-15)17-13(20)12(11)18-19/h10,16H,4-9H2,1-3H3,(H,17,20). The largest absolute Gasteiger partial charge is 0.345 e. The number of amides is 1. The first-order chi connectivity index (χ1) is 9.46. The number of piperidine rings is 1. The summed E-state index contributed by atoms with van der Waals surface area (Å²) in [5.74, 6) is -0.00111. The van der Waals surface area contributed by atoms with Crippen LogP contribution >= 0.6 is 0 Å². The molecular formula is C15H24N4O. The molecule has 0 saturated carbocycles. The molecule has 0 bridgehead atoms. The van der Waals surface area contributed by atoms with E-state index in [1.807, 2.05) is 4.68 Å². The summed E-state index contributed by atoms with van der Waals surface area (Å²) >= 11 is 0. The summed E-state index contributed by atoms with van der Waals surface area (Å²) < 4.78 is 1.97. The van der Waals surface area contributed by atoms with Gasteiger partial charge in [-0.2, -0.15) is 5.10 Å². The van der Waals surface area contributed by atoms with Crippen LogP contribution in [0.1, 0.15) is 56.1 Å². The highest BCUT2D eigenvalue weighted by molar-refractivity contribution is 5.95. The molecule has 0 atom stereocenters. The van der Waals surface area contributed by atoms with Crippen LogP contribution in [0.4, 0.5) is 0 Å². The highest BCUT2D eigenvalue weighted by atomic mass is 16.2. The summed E-state index contributed by atoms with van der Waals surface area (Å²) in [5, 5.41) is 11.1. The van der Waals surface area contributed by atoms with Gasteiger partial charge in [0.1, 0.15) is 0 Å². The fraction of sp³-hybridized carbons (Fsp3) is 0.733. The maximum Gasteiger partial charge on any atom is 0.272 e. The summed E-state index contributed by atoms with van der Waals surface area (Å²) in [5.41, 5.74) is 1.63. The van der Waals surface area contributed by atoms with Crippen molar-refractivity contribution in [2.24, 2.45) is 0 Å². The Labute approximate surface area is 120 Å². The van der Waals surface area contributed by atoms with Gasteiger partial charge in [0.2, 0.25) is 0 Å². The monoisotopic (exact) mass is 276 g/mol. The van der Waals surface area contributed by atoms with E-state index in [4.69, 9.17) is 0 Å². The molecule has 2 aliphatic heterocycles. The van der Waals surface area contributed by atoms with E-state index >= 15 is 0 Å². The number of nitrogens with zero attached hydrogens (tertiary/aromatic N) is 2. The third-order valence-corrected chi connectivity index (χ3v) is 4.96. The predicted octanol–water partition coefficient (Wildman–Crippen LogP) is 1.44. The quantitative estimate of drug-likeness (QED) is 0.859. The smallest absolute Gasteiger partial charge is 0.272 e. The Hall–Kier alpha value is -1.36. The van der Waals surface area contributed by atoms with Crippen LogP contribution in [0.5, 0.6) is 0 Å². The second kappa shape index (κ2) is 4.58. The number of rotatable bonds is 2. The molecule has 2 N–H and O–H groups in total. The molecule has 20 heavy (non-hydrogen) atoms. The molecule has 1 spiro atoms. The Balaban J connectivity index is 1.94. The second-order valence-corrected chi connectivity index (χ2v) is 6.77. The minimum atomic E-state index is -0.0560. The van der Waals surface area contributed by atoms with Crippen LogP contribution in [0.2, 0.25) is 0 Å². The lowest BCUT2D eigenvalue weighted by Gasteiger charge is -2.40. The average molecular weight is 276 g/mol. The van der Waals surface area contributed by atoms with Crippen molar-refractivity contribution in [3.8, 4) is 0 Å². The van der Waals surface area contributed by atoms with Crippen LogP contribution in [0.15, 0.2) is 6.20 Å². The van der Waals surface area contributed by atoms with Crippen molar-refractivity contribution in [1.29, 1.82) is 0 Å². The van der Waals surface area contributed by atoms with Gasteiger partial charge in [-0.05, 0) is 52.6 Å². The molecule has 5 heteroatoms. The van der Waals surface area contributed by atoms with E-state index in [1.165, 1.54) is 0 Å². The molecule has 2 aliphatic rings. The highest BCUT2D eigenvalue weighted by Crippen LogP contribution is 2.31. The lowest BCUT2D eigenvalue weighted by atomic mass is 9.80. The van der Waals surface area contributed by atoms with E-state index in [0.29, 0.717) is 5.69 Å². The van der Waals surface area contributed by atoms with Gasteiger partial charge in [-0.25, -0.2) is 0 Å². The zero-order valence-corrected chi connectivity index (χ0v) is 12.6. The number of aromatic nitrogens is 2. The van der Waals surface area contributed by atoms with E-state index in [0.717, 1.165) is 44.3 Å². The third-order valence-electron chi connectivity index (χ3n) is 4.96. The van der Waals surface area contributed by atoms with Crippen LogP contribution in [0.25, 0.3) is 0 Å². The van der Waals surface area contributed by atoms with Gasteiger partial charge >= 0.3 is 0 Å². The van der Waals surface area contributed by atoms with Crippen LogP contribution in [-0.2, 0) is 12.0 Å². The summed E-state index contributed by atoms with van der Waals surface area (Å²) in [6, 6.07) is 0. The minimum absolute atomic E-state index is 0.00111. The number of carbonyl (C=O) groups is 1. The summed E-state index contributed by atoms with van der Waals surface area (Å²) in [6.45, 7) is 8.41. The van der Waals surface area contributed by atoms with Crippen LogP contribution < -0.4 is 10.6 Å². The Morgan fingerprint density at radius 3 is 2.75 bits per heavy atom. The molecule has 0 aromatic carbocycles. The minimum Gasteiger partial charge on any atom is -0.345 e. The zero-order chi connectivity index (χ0) is 14.4. The van der Waals surface area contributed by atoms with Crippen molar-refractivity contribution in [3.63, 3.8) is 0 Å². The van der Waals surface area contributed by atoms with Gasteiger partial charge in [-0.3, -0.25) is 9.48 Å². The van der Waals surface area contributed by atoms with Gasteiger partial charge in [0, 0.05) is 17.3 Å². The Bertz CT molecular complexity index is 526. The summed E-state index contributed by atoms with van der Waals surface area (Å²) in [7, 11) is 0. The first-order valence-electron chi connectivity index (χ1n) is 7.58. The summed E-state index contributed by atoms with van der Waals surface area (Å²) in [4.78, 5) is 12.4. The van der Waals surface area contributed by atoms with Crippen molar-refractivity contribution >= 4 is 5.91 Å². The van der Waals surface area contributed by atoms with Gasteiger partial charge < -0.3 is 10.6 Å². The number of nitrogens with one attached hydrogen (secondary N) is 2. The number of hydrogen-bond acceptors (Lipinski definition) is 3. The Kier molecular flexibility index (Phi) is 3.12. The number of hydrogen-bond donors (Lipinski definition) is 2. The van der Waals surface area contributed by atoms with E-state index in [1.54, 1.807) is 0 Å². The first-order valence-corrected chi connectivity index (χ1v) is 7.58. The maximum atomic E-state index is 12.4. The second-order valence-electron chi connectivity index (χ2n) is 6.77. The molecule has 5 nitrogen and oxygen atoms in total. The summed E-state index contributed by atoms with van der Waals surface area (Å²) in [6.07, 6.45) is 5.99. The third kappa shape index (κ3) is 2.14. The first kappa shape index (κ1) is 13.6. The van der Waals surface area contributed by atoms with Gasteiger partial charge in [-0.15, -0.1) is 0 Å². The maximum absolute atomic E-state index is 12.4. The Morgan fingerprint density at radius 2 is 2.10 bits per heavy atom. The molecule has 3 rings (SSSR count). The normalized spacial score (nSPS) is 21.6. The van der Waals surface area contributed by atoms with E-state index < -0.39 is 0 Å². The molecule has 1 aromatic heterocycles. The highest BCUT2D eigenvalue weighted by Gasteiger charge is 2.40. The van der Waals surface area contributed by atoms with Crippen molar-refractivity contribution in [2.75, 3.05) is 13.1 Å². The van der Waals surface area contributed by atoms with E-state index in [2.05, 4.69) is 42.7 Å². The SMILES string of the molecule is CCC(C)(C)n1cc2c(n1)C(=O)NC1(CCNCC1)C2. The Morgan fingerprint density at radius 1 is 1.40 bits per heavy atom. The average Bonchev–Trinajstić information content (AvgIpc) is 2.84. The van der Waals surface area contributed by atoms with Crippen molar-refractivity contribution in [2.45, 2.75) is 57.5 Å². The van der Waals surface area contributed by atoms with Crippen molar-refractivity contribution in [3.05, 3.63) is 17.5 Å². The fourth-order valence-electron chi connectivity index (χ4n) is 3.12. The number of fused-ring (bicyclic) bond motifs is 1. The topological polar surface area (TPSA) is 59.0 Å². The molecule has 3 heterocycles. The molecule has 1 fully saturated rings. The van der Waals surface area contributed by atoms with E-state index in [-0.39, 0.29) is 17.0 Å². The van der Waals surface area contributed by atoms with Gasteiger partial charge in [0.05, 0.1) is 5.54 Å². The lowest BCUT2D eigenvalue weighted by molar-refractivity contribution is 0.0845. The molecule has 1 amide bonds. The molecule has 110 valence electrons. The number of carbonyl (C=O) groups excluding carboxylic acids is 1. The molecule has 1 saturated heterocycles. The van der Waals surface area contributed by atoms with Crippen molar-refractivity contribution in [1.82, 2.24) is 20.4 Å². The molecule has 1 aromatic rings. The van der Waals surface area contributed by atoms with Crippen LogP contribution in [-0.4, -0.2) is 34.3 Å².